The number of hydrogen-bond acceptors (Lipinski definition) is 4. The summed E-state index contributed by atoms with van der Waals surface area (Å²) in [5, 5.41) is 18.8. The molecule has 0 bridgehead atoms. The summed E-state index contributed by atoms with van der Waals surface area (Å²) in [6.45, 7) is 1.54. The molecule has 6 heteroatoms. The molecule has 0 unspecified atom stereocenters. The van der Waals surface area contributed by atoms with Crippen molar-refractivity contribution in [1.29, 1.82) is 0 Å². The molecule has 0 spiro atoms. The lowest BCUT2D eigenvalue weighted by atomic mass is 10.1. The molecule has 0 saturated heterocycles. The summed E-state index contributed by atoms with van der Waals surface area (Å²) in [4.78, 5) is 25.1. The van der Waals surface area contributed by atoms with Crippen LogP contribution in [-0.4, -0.2) is 32.5 Å². The first-order valence-corrected chi connectivity index (χ1v) is 5.64. The Hall–Kier alpha value is -1.40. The monoisotopic (exact) mass is 240 g/mol. The highest BCUT2D eigenvalue weighted by Crippen LogP contribution is 2.33. The van der Waals surface area contributed by atoms with E-state index in [0.717, 1.165) is 0 Å². The number of H-pyrrole nitrogens is 1. The Morgan fingerprint density at radius 2 is 2.18 bits per heavy atom. The predicted molar refractivity (Wildman–Crippen MR) is 60.9 cm³/mol. The topological polar surface area (TPSA) is 95.3 Å². The van der Waals surface area contributed by atoms with Gasteiger partial charge in [-0.15, -0.1) is 0 Å². The molecule has 1 fully saturated rings. The number of aromatic nitrogens is 2. The summed E-state index contributed by atoms with van der Waals surface area (Å²) >= 11 is 0. The third-order valence-corrected chi connectivity index (χ3v) is 3.41. The van der Waals surface area contributed by atoms with Gasteiger partial charge in [-0.05, 0) is 19.8 Å². The van der Waals surface area contributed by atoms with Crippen LogP contribution in [0.2, 0.25) is 0 Å². The van der Waals surface area contributed by atoms with Gasteiger partial charge in [-0.25, -0.2) is 4.79 Å². The summed E-state index contributed by atoms with van der Waals surface area (Å²) in [5.41, 5.74) is -0.383. The van der Waals surface area contributed by atoms with Crippen LogP contribution in [0, 0.1) is 12.8 Å². The predicted octanol–water partition coefficient (Wildman–Crippen LogP) is -0.851. The quantitative estimate of drug-likeness (QED) is 0.627. The molecule has 1 aliphatic rings. The minimum absolute atomic E-state index is 0.0885. The van der Waals surface area contributed by atoms with Crippen LogP contribution in [0.3, 0.4) is 0 Å². The zero-order valence-electron chi connectivity index (χ0n) is 9.59. The van der Waals surface area contributed by atoms with Gasteiger partial charge < -0.3 is 10.2 Å². The highest BCUT2D eigenvalue weighted by Gasteiger charge is 2.33. The molecule has 1 aliphatic carbocycles. The third kappa shape index (κ3) is 2.18. The van der Waals surface area contributed by atoms with E-state index in [4.69, 9.17) is 5.11 Å². The molecule has 94 valence electrons. The highest BCUT2D eigenvalue weighted by atomic mass is 16.3. The van der Waals surface area contributed by atoms with Crippen LogP contribution in [0.5, 0.6) is 0 Å². The van der Waals surface area contributed by atoms with E-state index in [1.807, 2.05) is 0 Å². The maximum atomic E-state index is 11.6. The number of rotatable bonds is 2. The molecule has 2 rings (SSSR count). The lowest BCUT2D eigenvalue weighted by Gasteiger charge is -2.13. The Morgan fingerprint density at radius 1 is 1.47 bits per heavy atom. The van der Waals surface area contributed by atoms with Gasteiger partial charge in [-0.3, -0.25) is 14.3 Å². The average molecular weight is 240 g/mol. The van der Waals surface area contributed by atoms with E-state index in [1.165, 1.54) is 10.8 Å². The second-order valence-corrected chi connectivity index (χ2v) is 4.61. The molecule has 3 N–H and O–H groups in total. The largest absolute Gasteiger partial charge is 0.396 e. The van der Waals surface area contributed by atoms with Gasteiger partial charge >= 0.3 is 5.69 Å². The van der Waals surface area contributed by atoms with Crippen molar-refractivity contribution in [3.8, 4) is 0 Å². The lowest BCUT2D eigenvalue weighted by molar-refractivity contribution is 0.0906. The first kappa shape index (κ1) is 12.1. The SMILES string of the molecule is Cc1cn([C@@H]2C[C@H](CO)[C@@H](O)C2)c(=O)[nH]c1=O. The minimum atomic E-state index is -0.593. The van der Waals surface area contributed by atoms with Crippen molar-refractivity contribution in [1.82, 2.24) is 9.55 Å². The second-order valence-electron chi connectivity index (χ2n) is 4.61. The molecule has 1 aromatic rings. The van der Waals surface area contributed by atoms with E-state index in [9.17, 15) is 14.7 Å². The average Bonchev–Trinajstić information content (AvgIpc) is 2.65. The maximum absolute atomic E-state index is 11.6. The van der Waals surface area contributed by atoms with Crippen molar-refractivity contribution >= 4 is 0 Å². The van der Waals surface area contributed by atoms with E-state index >= 15 is 0 Å². The number of aliphatic hydroxyl groups excluding tert-OH is 2. The van der Waals surface area contributed by atoms with Crippen LogP contribution >= 0.6 is 0 Å². The number of nitrogens with one attached hydrogen (secondary N) is 1. The number of aromatic amines is 1. The van der Waals surface area contributed by atoms with Crippen molar-refractivity contribution in [2.24, 2.45) is 5.92 Å². The number of hydrogen-bond donors (Lipinski definition) is 3. The molecule has 6 nitrogen and oxygen atoms in total. The highest BCUT2D eigenvalue weighted by molar-refractivity contribution is 5.03. The Bertz CT molecular complexity index is 519. The fraction of sp³-hybridized carbons (Fsp3) is 0.636. The van der Waals surface area contributed by atoms with Crippen LogP contribution in [0.15, 0.2) is 15.8 Å². The number of aliphatic hydroxyl groups is 2. The molecule has 0 aliphatic heterocycles. The molecule has 3 atom stereocenters. The molecule has 0 aromatic carbocycles. The molecule has 17 heavy (non-hydrogen) atoms. The molecule has 0 amide bonds. The fourth-order valence-corrected chi connectivity index (χ4v) is 2.35. The van der Waals surface area contributed by atoms with Crippen LogP contribution in [0.25, 0.3) is 0 Å². The van der Waals surface area contributed by atoms with Gasteiger partial charge in [0.2, 0.25) is 0 Å². The van der Waals surface area contributed by atoms with Crippen molar-refractivity contribution in [2.75, 3.05) is 6.61 Å². The van der Waals surface area contributed by atoms with Gasteiger partial charge in [0, 0.05) is 30.3 Å². The lowest BCUT2D eigenvalue weighted by Crippen LogP contribution is -2.32. The van der Waals surface area contributed by atoms with Crippen LogP contribution in [0.4, 0.5) is 0 Å². The van der Waals surface area contributed by atoms with Crippen LogP contribution in [-0.2, 0) is 0 Å². The molecular formula is C11H16N2O4. The zero-order valence-corrected chi connectivity index (χ0v) is 9.59. The number of aryl methyl sites for hydroxylation is 1. The molecular weight excluding hydrogens is 224 g/mol. The van der Waals surface area contributed by atoms with Gasteiger partial charge in [-0.1, -0.05) is 0 Å². The van der Waals surface area contributed by atoms with Gasteiger partial charge in [0.25, 0.3) is 5.56 Å². The van der Waals surface area contributed by atoms with E-state index < -0.39 is 11.8 Å². The summed E-state index contributed by atoms with van der Waals surface area (Å²) in [6, 6.07) is -0.162. The van der Waals surface area contributed by atoms with Crippen molar-refractivity contribution < 1.29 is 10.2 Å². The Kier molecular flexibility index (Phi) is 3.17. The standard InChI is InChI=1S/C11H16N2O4/c1-6-4-13(11(17)12-10(6)16)8-2-7(5-14)9(15)3-8/h4,7-9,14-15H,2-3,5H2,1H3,(H,12,16,17)/t7-,8-,9+/m1/s1. The summed E-state index contributed by atoms with van der Waals surface area (Å²) < 4.78 is 1.44. The van der Waals surface area contributed by atoms with Crippen LogP contribution < -0.4 is 11.2 Å². The zero-order chi connectivity index (χ0) is 12.6. The third-order valence-electron chi connectivity index (χ3n) is 3.41. The molecule has 1 heterocycles. The number of nitrogens with zero attached hydrogens (tertiary/aromatic N) is 1. The van der Waals surface area contributed by atoms with Crippen molar-refractivity contribution in [3.63, 3.8) is 0 Å². The maximum Gasteiger partial charge on any atom is 0.328 e. The normalized spacial score (nSPS) is 28.5. The Labute approximate surface area is 97.5 Å². The van der Waals surface area contributed by atoms with Crippen molar-refractivity contribution in [3.05, 3.63) is 32.6 Å². The van der Waals surface area contributed by atoms with E-state index in [-0.39, 0.29) is 24.1 Å². The van der Waals surface area contributed by atoms with Gasteiger partial charge in [0.15, 0.2) is 0 Å². The Balaban J connectivity index is 2.34. The van der Waals surface area contributed by atoms with Gasteiger partial charge in [-0.2, -0.15) is 0 Å². The van der Waals surface area contributed by atoms with E-state index in [1.54, 1.807) is 6.92 Å². The molecule has 0 radical (unpaired) electrons. The summed E-state index contributed by atoms with van der Waals surface area (Å²) in [6.07, 6.45) is 1.89. The fourth-order valence-electron chi connectivity index (χ4n) is 2.35. The van der Waals surface area contributed by atoms with E-state index in [0.29, 0.717) is 18.4 Å². The first-order valence-electron chi connectivity index (χ1n) is 5.64. The minimum Gasteiger partial charge on any atom is -0.396 e. The van der Waals surface area contributed by atoms with E-state index in [2.05, 4.69) is 4.98 Å². The molecule has 1 saturated carbocycles. The van der Waals surface area contributed by atoms with Crippen LogP contribution in [0.1, 0.15) is 24.4 Å². The second kappa shape index (κ2) is 4.46. The molecule has 1 aromatic heterocycles. The first-order chi connectivity index (χ1) is 8.02. The smallest absolute Gasteiger partial charge is 0.328 e. The summed E-state index contributed by atoms with van der Waals surface area (Å²) in [5.74, 6) is -0.195. The Morgan fingerprint density at radius 3 is 2.76 bits per heavy atom. The summed E-state index contributed by atoms with van der Waals surface area (Å²) in [7, 11) is 0. The van der Waals surface area contributed by atoms with Gasteiger partial charge in [0.05, 0.1) is 6.10 Å². The van der Waals surface area contributed by atoms with Crippen molar-refractivity contribution in [2.45, 2.75) is 31.9 Å². The van der Waals surface area contributed by atoms with Gasteiger partial charge in [0.1, 0.15) is 0 Å².